The molecule has 0 radical (unpaired) electrons. The Balaban J connectivity index is 1.29. The number of benzene rings is 3. The third-order valence-electron chi connectivity index (χ3n) is 7.75. The summed E-state index contributed by atoms with van der Waals surface area (Å²) in [5, 5.41) is 2.55. The Hall–Kier alpha value is -4.88. The molecule has 1 aromatic heterocycles. The number of fused-ring (bicyclic) bond motifs is 2. The number of esters is 1. The Bertz CT molecular complexity index is 1920. The van der Waals surface area contributed by atoms with E-state index >= 15 is 0 Å². The topological polar surface area (TPSA) is 144 Å². The number of thiazole rings is 1. The zero-order chi connectivity index (χ0) is 33.2. The number of aromatic nitrogens is 1. The van der Waals surface area contributed by atoms with Gasteiger partial charge < -0.3 is 24.5 Å². The molecule has 3 amide bonds. The van der Waals surface area contributed by atoms with Crippen molar-refractivity contribution in [2.75, 3.05) is 30.0 Å². The van der Waals surface area contributed by atoms with Crippen LogP contribution in [0.5, 0.6) is 11.5 Å². The fraction of sp³-hybridized carbons (Fsp3) is 0.265. The van der Waals surface area contributed by atoms with Crippen LogP contribution in [0, 0.1) is 12.8 Å². The molecule has 2 N–H and O–H groups in total. The zero-order valence-electron chi connectivity index (χ0n) is 25.7. The van der Waals surface area contributed by atoms with Crippen LogP contribution in [0.25, 0.3) is 0 Å². The monoisotopic (exact) mass is 673 g/mol. The zero-order valence-corrected chi connectivity index (χ0v) is 27.4. The fourth-order valence-electron chi connectivity index (χ4n) is 5.76. The SMILES string of the molecule is CCOC(=O)c1ccc(N2C(=O)C3Sc4[nH]c(=O)sc4[C@H](c4ccc(OCC(=O)Nc5cccc(C)c5)c(OCC)c4)C3C2=O)cc1. The first-order valence-electron chi connectivity index (χ1n) is 15.0. The number of nitrogens with one attached hydrogen (secondary N) is 2. The fourth-order valence-corrected chi connectivity index (χ4v) is 8.28. The molecular formula is C34H31N3O8S2. The highest BCUT2D eigenvalue weighted by atomic mass is 32.2. The smallest absolute Gasteiger partial charge is 0.338 e. The van der Waals surface area contributed by atoms with Gasteiger partial charge in [0.2, 0.25) is 11.8 Å². The maximum atomic E-state index is 14.1. The summed E-state index contributed by atoms with van der Waals surface area (Å²) in [6.07, 6.45) is 0. The summed E-state index contributed by atoms with van der Waals surface area (Å²) in [7, 11) is 0. The van der Waals surface area contributed by atoms with Gasteiger partial charge in [-0.05, 0) is 80.4 Å². The molecule has 2 aliphatic heterocycles. The first kappa shape index (κ1) is 32.1. The van der Waals surface area contributed by atoms with E-state index < -0.39 is 34.9 Å². The first-order chi connectivity index (χ1) is 22.7. The lowest BCUT2D eigenvalue weighted by Gasteiger charge is -2.30. The number of hydrogen-bond acceptors (Lipinski definition) is 10. The lowest BCUT2D eigenvalue weighted by atomic mass is 9.83. The minimum Gasteiger partial charge on any atom is -0.490 e. The van der Waals surface area contributed by atoms with Crippen LogP contribution >= 0.6 is 23.1 Å². The molecule has 4 aromatic rings. The summed E-state index contributed by atoms with van der Waals surface area (Å²) < 4.78 is 16.8. The van der Waals surface area contributed by atoms with Crippen molar-refractivity contribution < 1.29 is 33.4 Å². The summed E-state index contributed by atoms with van der Waals surface area (Å²) in [5.41, 5.74) is 2.95. The number of amides is 3. The van der Waals surface area contributed by atoms with Gasteiger partial charge in [-0.2, -0.15) is 0 Å². The summed E-state index contributed by atoms with van der Waals surface area (Å²) in [5.74, 6) is -2.45. The Kier molecular flexibility index (Phi) is 9.19. The van der Waals surface area contributed by atoms with E-state index in [1.54, 1.807) is 43.3 Å². The molecule has 0 saturated carbocycles. The highest BCUT2D eigenvalue weighted by molar-refractivity contribution is 8.00. The number of H-pyrrole nitrogens is 1. The van der Waals surface area contributed by atoms with Crippen LogP contribution in [0.1, 0.15) is 46.1 Å². The molecule has 13 heteroatoms. The van der Waals surface area contributed by atoms with Gasteiger partial charge in [-0.15, -0.1) is 0 Å². The Morgan fingerprint density at radius 1 is 0.915 bits per heavy atom. The number of ether oxygens (including phenoxy) is 3. The van der Waals surface area contributed by atoms with Gasteiger partial charge in [0.1, 0.15) is 5.25 Å². The number of rotatable bonds is 10. The van der Waals surface area contributed by atoms with Crippen molar-refractivity contribution in [3.8, 4) is 11.5 Å². The molecule has 47 heavy (non-hydrogen) atoms. The molecule has 1 fully saturated rings. The van der Waals surface area contributed by atoms with Crippen LogP contribution in [-0.2, 0) is 19.1 Å². The molecule has 6 rings (SSSR count). The number of anilines is 2. The van der Waals surface area contributed by atoms with E-state index in [1.165, 1.54) is 23.9 Å². The van der Waals surface area contributed by atoms with Gasteiger partial charge in [-0.25, -0.2) is 9.69 Å². The van der Waals surface area contributed by atoms with E-state index in [4.69, 9.17) is 14.2 Å². The Labute approximate surface area is 278 Å². The summed E-state index contributed by atoms with van der Waals surface area (Å²) in [4.78, 5) is 69.6. The average molecular weight is 674 g/mol. The third-order valence-corrected chi connectivity index (χ3v) is 10.1. The maximum absolute atomic E-state index is 14.1. The number of carbonyl (C=O) groups excluding carboxylic acids is 4. The van der Waals surface area contributed by atoms with Crippen LogP contribution in [0.2, 0.25) is 0 Å². The lowest BCUT2D eigenvalue weighted by molar-refractivity contribution is -0.122. The number of nitrogens with zero attached hydrogens (tertiary/aromatic N) is 1. The largest absolute Gasteiger partial charge is 0.490 e. The molecule has 3 atom stereocenters. The van der Waals surface area contributed by atoms with E-state index in [0.717, 1.165) is 21.8 Å². The van der Waals surface area contributed by atoms with Gasteiger partial charge >= 0.3 is 10.8 Å². The molecule has 3 aromatic carbocycles. The normalized spacial score (nSPS) is 18.4. The van der Waals surface area contributed by atoms with Gasteiger partial charge in [0.15, 0.2) is 18.1 Å². The molecule has 0 aliphatic carbocycles. The van der Waals surface area contributed by atoms with E-state index in [-0.39, 0.29) is 24.0 Å². The second-order valence-electron chi connectivity index (χ2n) is 10.9. The number of carbonyl (C=O) groups is 4. The van der Waals surface area contributed by atoms with Crippen LogP contribution in [0.3, 0.4) is 0 Å². The molecule has 2 unspecified atom stereocenters. The summed E-state index contributed by atoms with van der Waals surface area (Å²) in [6.45, 7) is 5.71. The van der Waals surface area contributed by atoms with Crippen LogP contribution in [0.15, 0.2) is 76.6 Å². The molecule has 11 nitrogen and oxygen atoms in total. The summed E-state index contributed by atoms with van der Waals surface area (Å²) >= 11 is 2.17. The average Bonchev–Trinajstić information content (AvgIpc) is 3.54. The Morgan fingerprint density at radius 3 is 2.43 bits per heavy atom. The number of aryl methyl sites for hydroxylation is 1. The lowest BCUT2D eigenvalue weighted by Crippen LogP contribution is -2.32. The number of imide groups is 1. The second kappa shape index (κ2) is 13.5. The number of aromatic amines is 1. The van der Waals surface area contributed by atoms with Crippen LogP contribution in [-0.4, -0.2) is 53.7 Å². The van der Waals surface area contributed by atoms with E-state index in [9.17, 15) is 24.0 Å². The predicted molar refractivity (Wildman–Crippen MR) is 178 cm³/mol. The standard InChI is InChI=1S/C34H31N3O8S2/c1-4-43-24-16-20(11-14-23(24)45-17-25(38)35-21-8-6-7-18(3)15-21)26-27-29(46-30-28(26)47-34(42)36-30)32(40)37(31(27)39)22-12-9-19(10-13-22)33(41)44-5-2/h6-16,26-27,29H,4-5,17H2,1-3H3,(H,35,38)(H,36,42)/t26-,27?,29?/m1/s1. The van der Waals surface area contributed by atoms with Crippen LogP contribution < -0.4 is 24.6 Å². The van der Waals surface area contributed by atoms with E-state index in [2.05, 4.69) is 10.3 Å². The van der Waals surface area contributed by atoms with Crippen molar-refractivity contribution in [3.63, 3.8) is 0 Å². The second-order valence-corrected chi connectivity index (χ2v) is 13.0. The van der Waals surface area contributed by atoms with Crippen LogP contribution in [0.4, 0.5) is 11.4 Å². The minimum atomic E-state index is -0.822. The summed E-state index contributed by atoms with van der Waals surface area (Å²) in [6, 6.07) is 18.7. The van der Waals surface area contributed by atoms with Gasteiger partial charge in [-0.1, -0.05) is 41.3 Å². The predicted octanol–water partition coefficient (Wildman–Crippen LogP) is 5.13. The number of thioether (sulfide) groups is 1. The molecule has 3 heterocycles. The van der Waals surface area contributed by atoms with Crippen molar-refractivity contribution >= 4 is 58.2 Å². The maximum Gasteiger partial charge on any atom is 0.338 e. The van der Waals surface area contributed by atoms with Crippen molar-refractivity contribution in [1.82, 2.24) is 4.98 Å². The van der Waals surface area contributed by atoms with Gasteiger partial charge in [0.25, 0.3) is 5.91 Å². The highest BCUT2D eigenvalue weighted by Crippen LogP contribution is 2.53. The van der Waals surface area contributed by atoms with Crippen molar-refractivity contribution in [2.24, 2.45) is 5.92 Å². The molecule has 242 valence electrons. The number of hydrogen-bond donors (Lipinski definition) is 2. The Morgan fingerprint density at radius 2 is 1.70 bits per heavy atom. The first-order valence-corrected chi connectivity index (χ1v) is 16.7. The highest BCUT2D eigenvalue weighted by Gasteiger charge is 2.56. The molecule has 0 bridgehead atoms. The van der Waals surface area contributed by atoms with Crippen molar-refractivity contribution in [1.29, 1.82) is 0 Å². The molecule has 1 saturated heterocycles. The van der Waals surface area contributed by atoms with Gasteiger partial charge in [0, 0.05) is 16.5 Å². The minimum absolute atomic E-state index is 0.222. The molecular weight excluding hydrogens is 643 g/mol. The van der Waals surface area contributed by atoms with Crippen molar-refractivity contribution in [3.05, 3.63) is 98.0 Å². The molecule has 2 aliphatic rings. The molecule has 0 spiro atoms. The quantitative estimate of drug-likeness (QED) is 0.173. The third kappa shape index (κ3) is 6.41. The van der Waals surface area contributed by atoms with Crippen molar-refractivity contribution in [2.45, 2.75) is 37.0 Å². The van der Waals surface area contributed by atoms with Gasteiger partial charge in [-0.3, -0.25) is 19.2 Å². The van der Waals surface area contributed by atoms with Gasteiger partial charge in [0.05, 0.1) is 35.4 Å². The van der Waals surface area contributed by atoms with E-state index in [1.807, 2.05) is 32.0 Å². The van der Waals surface area contributed by atoms with E-state index in [0.29, 0.717) is 50.5 Å².